The summed E-state index contributed by atoms with van der Waals surface area (Å²) < 4.78 is 20.9. The first-order valence-electron chi connectivity index (χ1n) is 9.85. The van der Waals surface area contributed by atoms with E-state index in [1.807, 2.05) is 0 Å². The molecule has 0 fully saturated rings. The number of hydrogen-bond donors (Lipinski definition) is 1. The van der Waals surface area contributed by atoms with Gasteiger partial charge in [0, 0.05) is 0 Å². The van der Waals surface area contributed by atoms with E-state index < -0.39 is 7.82 Å². The summed E-state index contributed by atoms with van der Waals surface area (Å²) in [5.74, 6) is 0. The molecule has 0 radical (unpaired) electrons. The van der Waals surface area contributed by atoms with Crippen LogP contribution >= 0.6 is 7.82 Å². The summed E-state index contributed by atoms with van der Waals surface area (Å²) in [6.07, 6.45) is 19.4. The molecular weight excluding hydrogens is 323 g/mol. The van der Waals surface area contributed by atoms with Crippen molar-refractivity contribution in [1.29, 1.82) is 0 Å². The van der Waals surface area contributed by atoms with E-state index in [1.165, 1.54) is 83.1 Å². The molecule has 0 aliphatic carbocycles. The maximum absolute atomic E-state index is 11.4. The van der Waals surface area contributed by atoms with Crippen molar-refractivity contribution in [2.75, 3.05) is 13.2 Å². The second-order valence-electron chi connectivity index (χ2n) is 6.48. The van der Waals surface area contributed by atoms with Crippen LogP contribution in [0.2, 0.25) is 0 Å². The zero-order chi connectivity index (χ0) is 17.9. The Kier molecular flexibility index (Phi) is 17.6. The van der Waals surface area contributed by atoms with Gasteiger partial charge in [0.1, 0.15) is 0 Å². The lowest BCUT2D eigenvalue weighted by Gasteiger charge is -2.10. The highest BCUT2D eigenvalue weighted by Gasteiger charge is 2.19. The smallest absolute Gasteiger partial charge is 0.302 e. The molecule has 0 aromatic carbocycles. The third-order valence-corrected chi connectivity index (χ3v) is 5.09. The van der Waals surface area contributed by atoms with E-state index in [-0.39, 0.29) is 13.2 Å². The molecule has 0 spiro atoms. The molecule has 0 aromatic heterocycles. The molecular formula is C19H39O4P. The van der Waals surface area contributed by atoms with Crippen molar-refractivity contribution >= 4 is 7.82 Å². The van der Waals surface area contributed by atoms with E-state index in [1.54, 1.807) is 0 Å². The van der Waals surface area contributed by atoms with Gasteiger partial charge in [-0.05, 0) is 6.42 Å². The van der Waals surface area contributed by atoms with Crippen LogP contribution in [0.15, 0.2) is 12.7 Å². The van der Waals surface area contributed by atoms with E-state index in [0.29, 0.717) is 0 Å². The highest BCUT2D eigenvalue weighted by Crippen LogP contribution is 2.43. The maximum atomic E-state index is 11.4. The Hall–Kier alpha value is -0.150. The van der Waals surface area contributed by atoms with Gasteiger partial charge in [-0.3, -0.25) is 9.05 Å². The number of hydrogen-bond acceptors (Lipinski definition) is 3. The fraction of sp³-hybridized carbons (Fsp3) is 0.895. The Balaban J connectivity index is 3.17. The predicted molar refractivity (Wildman–Crippen MR) is 102 cm³/mol. The van der Waals surface area contributed by atoms with Gasteiger partial charge >= 0.3 is 7.82 Å². The van der Waals surface area contributed by atoms with E-state index in [0.717, 1.165) is 12.8 Å². The van der Waals surface area contributed by atoms with Gasteiger partial charge in [0.2, 0.25) is 0 Å². The SMILES string of the molecule is C=CCOP(=O)(O)OCCCCCCCCCCCCCCCC. The first kappa shape index (κ1) is 23.9. The molecule has 0 aliphatic rings. The molecule has 0 heterocycles. The number of unbranched alkanes of at least 4 members (excludes halogenated alkanes) is 13. The first-order chi connectivity index (χ1) is 11.6. The monoisotopic (exact) mass is 362 g/mol. The maximum Gasteiger partial charge on any atom is 0.472 e. The number of phosphoric acid groups is 1. The van der Waals surface area contributed by atoms with Crippen LogP contribution in [0.25, 0.3) is 0 Å². The van der Waals surface area contributed by atoms with Gasteiger partial charge in [-0.15, -0.1) is 6.58 Å². The molecule has 1 N–H and O–H groups in total. The predicted octanol–water partition coefficient (Wildman–Crippen LogP) is 6.79. The number of rotatable bonds is 19. The van der Waals surface area contributed by atoms with Gasteiger partial charge in [-0.2, -0.15) is 0 Å². The van der Waals surface area contributed by atoms with Crippen molar-refractivity contribution in [2.45, 2.75) is 96.8 Å². The summed E-state index contributed by atoms with van der Waals surface area (Å²) in [4.78, 5) is 9.31. The largest absolute Gasteiger partial charge is 0.472 e. The van der Waals surface area contributed by atoms with Gasteiger partial charge < -0.3 is 4.89 Å². The molecule has 0 amide bonds. The summed E-state index contributed by atoms with van der Waals surface area (Å²) in [6, 6.07) is 0. The average Bonchev–Trinajstić information content (AvgIpc) is 2.56. The zero-order valence-corrected chi connectivity index (χ0v) is 16.6. The second-order valence-corrected chi connectivity index (χ2v) is 7.94. The summed E-state index contributed by atoms with van der Waals surface area (Å²) in [6.45, 7) is 6.00. The van der Waals surface area contributed by atoms with Gasteiger partial charge in [-0.25, -0.2) is 4.57 Å². The molecule has 0 bridgehead atoms. The Morgan fingerprint density at radius 1 is 0.792 bits per heavy atom. The fourth-order valence-corrected chi connectivity index (χ4v) is 3.39. The molecule has 0 rings (SSSR count). The van der Waals surface area contributed by atoms with E-state index in [4.69, 9.17) is 4.52 Å². The van der Waals surface area contributed by atoms with Crippen LogP contribution in [-0.4, -0.2) is 18.1 Å². The third kappa shape index (κ3) is 18.2. The Morgan fingerprint density at radius 2 is 1.21 bits per heavy atom. The lowest BCUT2D eigenvalue weighted by molar-refractivity contribution is 0.158. The van der Waals surface area contributed by atoms with Crippen LogP contribution in [0, 0.1) is 0 Å². The Morgan fingerprint density at radius 3 is 1.62 bits per heavy atom. The van der Waals surface area contributed by atoms with Crippen LogP contribution < -0.4 is 0 Å². The second kappa shape index (κ2) is 17.7. The summed E-state index contributed by atoms with van der Waals surface area (Å²) in [5, 5.41) is 0. The third-order valence-electron chi connectivity index (χ3n) is 4.11. The normalized spacial score (nSPS) is 13.8. The average molecular weight is 362 g/mol. The fourth-order valence-electron chi connectivity index (χ4n) is 2.66. The summed E-state index contributed by atoms with van der Waals surface area (Å²) in [7, 11) is -3.87. The molecule has 5 heteroatoms. The number of phosphoric ester groups is 1. The lowest BCUT2D eigenvalue weighted by Crippen LogP contribution is -1.97. The van der Waals surface area contributed by atoms with Crippen LogP contribution in [0.5, 0.6) is 0 Å². The van der Waals surface area contributed by atoms with Crippen LogP contribution in [-0.2, 0) is 13.6 Å². The molecule has 144 valence electrons. The topological polar surface area (TPSA) is 55.8 Å². The van der Waals surface area contributed by atoms with Crippen molar-refractivity contribution in [3.63, 3.8) is 0 Å². The Bertz CT molecular complexity index is 320. The summed E-state index contributed by atoms with van der Waals surface area (Å²) in [5.41, 5.74) is 0. The van der Waals surface area contributed by atoms with Crippen molar-refractivity contribution in [2.24, 2.45) is 0 Å². The van der Waals surface area contributed by atoms with Crippen molar-refractivity contribution < 1.29 is 18.5 Å². The first-order valence-corrected chi connectivity index (χ1v) is 11.3. The van der Waals surface area contributed by atoms with Gasteiger partial charge in [-0.1, -0.05) is 96.5 Å². The Labute approximate surface area is 149 Å². The van der Waals surface area contributed by atoms with Crippen LogP contribution in [0.1, 0.15) is 96.8 Å². The van der Waals surface area contributed by atoms with Crippen molar-refractivity contribution in [3.8, 4) is 0 Å². The van der Waals surface area contributed by atoms with Crippen LogP contribution in [0.3, 0.4) is 0 Å². The minimum absolute atomic E-state index is 0.0342. The highest BCUT2D eigenvalue weighted by molar-refractivity contribution is 7.47. The highest BCUT2D eigenvalue weighted by atomic mass is 31.2. The van der Waals surface area contributed by atoms with E-state index >= 15 is 0 Å². The molecule has 24 heavy (non-hydrogen) atoms. The van der Waals surface area contributed by atoms with Crippen molar-refractivity contribution in [3.05, 3.63) is 12.7 Å². The van der Waals surface area contributed by atoms with Gasteiger partial charge in [0.15, 0.2) is 0 Å². The zero-order valence-electron chi connectivity index (χ0n) is 15.7. The molecule has 1 atom stereocenters. The lowest BCUT2D eigenvalue weighted by atomic mass is 10.0. The quantitative estimate of drug-likeness (QED) is 0.156. The molecule has 0 aromatic rings. The van der Waals surface area contributed by atoms with Crippen molar-refractivity contribution in [1.82, 2.24) is 0 Å². The molecule has 0 saturated heterocycles. The summed E-state index contributed by atoms with van der Waals surface area (Å²) >= 11 is 0. The minimum atomic E-state index is -3.87. The molecule has 0 saturated carbocycles. The standard InChI is InChI=1S/C19H39O4P/c1-3-5-6-7-8-9-10-11-12-13-14-15-16-17-19-23-24(20,21)22-18-4-2/h4H,2-3,5-19H2,1H3,(H,20,21). The molecule has 1 unspecified atom stereocenters. The van der Waals surface area contributed by atoms with Gasteiger partial charge in [0.05, 0.1) is 13.2 Å². The minimum Gasteiger partial charge on any atom is -0.302 e. The molecule has 0 aliphatic heterocycles. The van der Waals surface area contributed by atoms with Gasteiger partial charge in [0.25, 0.3) is 0 Å². The van der Waals surface area contributed by atoms with Crippen LogP contribution in [0.4, 0.5) is 0 Å². The van der Waals surface area contributed by atoms with E-state index in [2.05, 4.69) is 18.0 Å². The van der Waals surface area contributed by atoms with E-state index in [9.17, 15) is 9.46 Å². The molecule has 4 nitrogen and oxygen atoms in total.